The van der Waals surface area contributed by atoms with E-state index >= 15 is 0 Å². The predicted molar refractivity (Wildman–Crippen MR) is 78.8 cm³/mol. The van der Waals surface area contributed by atoms with E-state index in [0.29, 0.717) is 43.7 Å². The van der Waals surface area contributed by atoms with Crippen molar-refractivity contribution < 1.29 is 19.0 Å². The molecule has 0 heterocycles. The number of rotatable bonds is 10. The minimum Gasteiger partial charge on any atom is -0.493 e. The van der Waals surface area contributed by atoms with Crippen molar-refractivity contribution in [2.75, 3.05) is 26.4 Å². The third kappa shape index (κ3) is 6.06. The number of hydrogen-bond donors (Lipinski definition) is 0. The van der Waals surface area contributed by atoms with Gasteiger partial charge in [-0.3, -0.25) is 4.79 Å². The van der Waals surface area contributed by atoms with Crippen molar-refractivity contribution >= 4 is 6.29 Å². The maximum Gasteiger partial charge on any atom is 0.153 e. The lowest BCUT2D eigenvalue weighted by molar-refractivity contribution is 0.0813. The van der Waals surface area contributed by atoms with Gasteiger partial charge in [0.05, 0.1) is 18.8 Å². The number of benzene rings is 1. The lowest BCUT2D eigenvalue weighted by Crippen LogP contribution is -2.11. The van der Waals surface area contributed by atoms with E-state index in [-0.39, 0.29) is 0 Å². The molecule has 0 bridgehead atoms. The molecule has 0 unspecified atom stereocenters. The van der Waals surface area contributed by atoms with Gasteiger partial charge in [0.1, 0.15) is 18.1 Å². The highest BCUT2D eigenvalue weighted by molar-refractivity contribution is 5.79. The van der Waals surface area contributed by atoms with Gasteiger partial charge < -0.3 is 14.2 Å². The van der Waals surface area contributed by atoms with E-state index in [1.165, 1.54) is 0 Å². The van der Waals surface area contributed by atoms with Crippen LogP contribution in [0, 0.1) is 5.92 Å². The quantitative estimate of drug-likeness (QED) is 0.487. The second kappa shape index (κ2) is 9.37. The van der Waals surface area contributed by atoms with Gasteiger partial charge in [-0.1, -0.05) is 20.8 Å². The molecule has 0 aliphatic heterocycles. The monoisotopic (exact) mass is 280 g/mol. The fraction of sp³-hybridized carbons (Fsp3) is 0.562. The van der Waals surface area contributed by atoms with E-state index in [4.69, 9.17) is 14.2 Å². The fourth-order valence-corrected chi connectivity index (χ4v) is 1.58. The molecule has 0 spiro atoms. The zero-order valence-electron chi connectivity index (χ0n) is 12.6. The molecule has 0 N–H and O–H groups in total. The molecule has 1 aromatic rings. The van der Waals surface area contributed by atoms with Crippen molar-refractivity contribution in [3.05, 3.63) is 23.8 Å². The van der Waals surface area contributed by atoms with E-state index in [1.807, 2.05) is 6.92 Å². The van der Waals surface area contributed by atoms with E-state index in [1.54, 1.807) is 18.2 Å². The number of carbonyl (C=O) groups is 1. The van der Waals surface area contributed by atoms with Crippen LogP contribution in [0.4, 0.5) is 0 Å². The highest BCUT2D eigenvalue weighted by atomic mass is 16.5. The Hall–Kier alpha value is -1.55. The molecule has 0 fully saturated rings. The highest BCUT2D eigenvalue weighted by Crippen LogP contribution is 2.24. The smallest absolute Gasteiger partial charge is 0.153 e. The molecule has 4 heteroatoms. The Labute approximate surface area is 121 Å². The van der Waals surface area contributed by atoms with Crippen LogP contribution in [0.3, 0.4) is 0 Å². The third-order valence-electron chi connectivity index (χ3n) is 2.52. The summed E-state index contributed by atoms with van der Waals surface area (Å²) < 4.78 is 16.6. The molecule has 0 saturated carbocycles. The molecular formula is C16H24O4. The summed E-state index contributed by atoms with van der Waals surface area (Å²) in [4.78, 5) is 11.0. The summed E-state index contributed by atoms with van der Waals surface area (Å²) in [5, 5.41) is 0. The second-order valence-electron chi connectivity index (χ2n) is 4.98. The van der Waals surface area contributed by atoms with Crippen LogP contribution in [-0.2, 0) is 4.74 Å². The summed E-state index contributed by atoms with van der Waals surface area (Å²) in [6.45, 7) is 8.53. The molecule has 0 aliphatic rings. The van der Waals surface area contributed by atoms with Crippen LogP contribution in [0.15, 0.2) is 18.2 Å². The van der Waals surface area contributed by atoms with Gasteiger partial charge in [0, 0.05) is 12.7 Å². The van der Waals surface area contributed by atoms with E-state index in [2.05, 4.69) is 13.8 Å². The third-order valence-corrected chi connectivity index (χ3v) is 2.52. The Morgan fingerprint density at radius 2 is 1.95 bits per heavy atom. The van der Waals surface area contributed by atoms with Crippen molar-refractivity contribution in [1.82, 2.24) is 0 Å². The maximum atomic E-state index is 11.0. The Kier molecular flexibility index (Phi) is 7.73. The molecule has 20 heavy (non-hydrogen) atoms. The van der Waals surface area contributed by atoms with Crippen molar-refractivity contribution in [3.8, 4) is 11.5 Å². The molecule has 0 atom stereocenters. The van der Waals surface area contributed by atoms with Gasteiger partial charge in [-0.2, -0.15) is 0 Å². The molecule has 0 aliphatic carbocycles. The molecule has 0 saturated heterocycles. The highest BCUT2D eigenvalue weighted by Gasteiger charge is 2.05. The van der Waals surface area contributed by atoms with Gasteiger partial charge in [-0.25, -0.2) is 0 Å². The zero-order chi connectivity index (χ0) is 14.8. The van der Waals surface area contributed by atoms with Crippen LogP contribution >= 0.6 is 0 Å². The summed E-state index contributed by atoms with van der Waals surface area (Å²) in [6, 6.07) is 5.24. The van der Waals surface area contributed by atoms with Crippen LogP contribution in [0.25, 0.3) is 0 Å². The molecule has 0 amide bonds. The first-order chi connectivity index (χ1) is 9.67. The van der Waals surface area contributed by atoms with E-state index in [0.717, 1.165) is 18.5 Å². The molecule has 4 nitrogen and oxygen atoms in total. The number of carbonyl (C=O) groups excluding carboxylic acids is 1. The molecule has 0 radical (unpaired) electrons. The Morgan fingerprint density at radius 3 is 2.60 bits per heavy atom. The van der Waals surface area contributed by atoms with E-state index < -0.39 is 0 Å². The van der Waals surface area contributed by atoms with Gasteiger partial charge in [-0.15, -0.1) is 0 Å². The first-order valence-electron chi connectivity index (χ1n) is 7.10. The summed E-state index contributed by atoms with van der Waals surface area (Å²) in [5.41, 5.74) is 0.526. The van der Waals surface area contributed by atoms with Crippen molar-refractivity contribution in [2.24, 2.45) is 5.92 Å². The Bertz CT molecular complexity index is 401. The molecule has 112 valence electrons. The number of ether oxygens (including phenoxy) is 3. The fourth-order valence-electron chi connectivity index (χ4n) is 1.58. The van der Waals surface area contributed by atoms with Crippen molar-refractivity contribution in [3.63, 3.8) is 0 Å². The topological polar surface area (TPSA) is 44.8 Å². The maximum absolute atomic E-state index is 11.0. The van der Waals surface area contributed by atoms with Crippen LogP contribution in [0.2, 0.25) is 0 Å². The first kappa shape index (κ1) is 16.5. The number of hydrogen-bond acceptors (Lipinski definition) is 4. The van der Waals surface area contributed by atoms with Crippen molar-refractivity contribution in [2.45, 2.75) is 27.2 Å². The summed E-state index contributed by atoms with van der Waals surface area (Å²) in [5.74, 6) is 1.77. The predicted octanol–water partition coefficient (Wildman–Crippen LogP) is 3.34. The van der Waals surface area contributed by atoms with Crippen LogP contribution < -0.4 is 9.47 Å². The lowest BCUT2D eigenvalue weighted by atomic mass is 10.2. The van der Waals surface area contributed by atoms with Crippen LogP contribution in [-0.4, -0.2) is 32.7 Å². The van der Waals surface area contributed by atoms with Crippen LogP contribution in [0.1, 0.15) is 37.6 Å². The minimum atomic E-state index is 0.421. The Balaban J connectivity index is 2.50. The van der Waals surface area contributed by atoms with Gasteiger partial charge in [-0.05, 0) is 24.5 Å². The van der Waals surface area contributed by atoms with E-state index in [9.17, 15) is 4.79 Å². The average Bonchev–Trinajstić information content (AvgIpc) is 2.44. The molecule has 1 rings (SSSR count). The second-order valence-corrected chi connectivity index (χ2v) is 4.98. The van der Waals surface area contributed by atoms with Crippen LogP contribution in [0.5, 0.6) is 11.5 Å². The molecule has 0 aromatic heterocycles. The summed E-state index contributed by atoms with van der Waals surface area (Å²) in [7, 11) is 0. The van der Waals surface area contributed by atoms with Gasteiger partial charge in [0.2, 0.25) is 0 Å². The minimum absolute atomic E-state index is 0.421. The number of aldehydes is 1. The first-order valence-corrected chi connectivity index (χ1v) is 7.10. The van der Waals surface area contributed by atoms with Gasteiger partial charge >= 0.3 is 0 Å². The normalized spacial score (nSPS) is 10.6. The molecule has 1 aromatic carbocycles. The van der Waals surface area contributed by atoms with Gasteiger partial charge in [0.15, 0.2) is 6.29 Å². The zero-order valence-corrected chi connectivity index (χ0v) is 12.6. The summed E-state index contributed by atoms with van der Waals surface area (Å²) in [6.07, 6.45) is 1.72. The van der Waals surface area contributed by atoms with Crippen molar-refractivity contribution in [1.29, 1.82) is 0 Å². The van der Waals surface area contributed by atoms with Gasteiger partial charge in [0.25, 0.3) is 0 Å². The molecular weight excluding hydrogens is 256 g/mol. The SMILES string of the molecule is CCCOc1ccc(C=O)c(OCCOCC(C)C)c1. The Morgan fingerprint density at radius 1 is 1.15 bits per heavy atom. The summed E-state index contributed by atoms with van der Waals surface area (Å²) >= 11 is 0. The lowest BCUT2D eigenvalue weighted by Gasteiger charge is -2.12. The largest absolute Gasteiger partial charge is 0.493 e. The average molecular weight is 280 g/mol. The standard InChI is InChI=1S/C16H24O4/c1-4-7-19-15-6-5-14(11-17)16(10-15)20-9-8-18-12-13(2)3/h5-6,10-11,13H,4,7-9,12H2,1-3H3.